The van der Waals surface area contributed by atoms with Gasteiger partial charge in [0.25, 0.3) is 0 Å². The van der Waals surface area contributed by atoms with Crippen molar-refractivity contribution in [1.29, 1.82) is 0 Å². The van der Waals surface area contributed by atoms with Crippen LogP contribution in [0.2, 0.25) is 0 Å². The number of hydrogen-bond acceptors (Lipinski definition) is 5. The van der Waals surface area contributed by atoms with Gasteiger partial charge < -0.3 is 5.32 Å². The van der Waals surface area contributed by atoms with Gasteiger partial charge in [0.05, 0.1) is 10.6 Å². The third-order valence-corrected chi connectivity index (χ3v) is 7.03. The van der Waals surface area contributed by atoms with Crippen LogP contribution in [0.15, 0.2) is 51.8 Å². The first-order valence-corrected chi connectivity index (χ1v) is 11.7. The van der Waals surface area contributed by atoms with Crippen LogP contribution in [0.25, 0.3) is 0 Å². The maximum Gasteiger partial charge on any atom is 0.230 e. The first-order chi connectivity index (χ1) is 13.6. The average molecular weight is 412 g/mol. The second-order valence-corrected chi connectivity index (χ2v) is 9.36. The van der Waals surface area contributed by atoms with Crippen molar-refractivity contribution in [3.8, 4) is 0 Å². The fourth-order valence-electron chi connectivity index (χ4n) is 3.63. The highest BCUT2D eigenvalue weighted by molar-refractivity contribution is 8.16. The molecular formula is C22H25N3OS2. The van der Waals surface area contributed by atoms with Crippen LogP contribution >= 0.6 is 23.1 Å². The Morgan fingerprint density at radius 1 is 1.14 bits per heavy atom. The molecule has 146 valence electrons. The topological polar surface area (TPSA) is 53.8 Å². The molecule has 1 fully saturated rings. The highest BCUT2D eigenvalue weighted by atomic mass is 32.2. The van der Waals surface area contributed by atoms with E-state index in [1.165, 1.54) is 36.6 Å². The van der Waals surface area contributed by atoms with Crippen LogP contribution in [0.1, 0.15) is 48.1 Å². The molecule has 6 heteroatoms. The highest BCUT2D eigenvalue weighted by Crippen LogP contribution is 2.39. The summed E-state index contributed by atoms with van der Waals surface area (Å²) in [7, 11) is 0. The van der Waals surface area contributed by atoms with Crippen molar-refractivity contribution in [3.05, 3.63) is 57.8 Å². The first-order valence-electron chi connectivity index (χ1n) is 9.83. The van der Waals surface area contributed by atoms with Crippen molar-refractivity contribution in [2.24, 2.45) is 9.98 Å². The van der Waals surface area contributed by atoms with Crippen LogP contribution in [-0.2, 0) is 11.3 Å². The maximum atomic E-state index is 12.4. The summed E-state index contributed by atoms with van der Waals surface area (Å²) in [5.41, 5.74) is 3.04. The maximum absolute atomic E-state index is 12.4. The van der Waals surface area contributed by atoms with Gasteiger partial charge in [-0.1, -0.05) is 54.1 Å². The summed E-state index contributed by atoms with van der Waals surface area (Å²) in [4.78, 5) is 23.6. The molecule has 0 radical (unpaired) electrons. The summed E-state index contributed by atoms with van der Waals surface area (Å²) in [5.74, 6) is 0.397. The third-order valence-electron chi connectivity index (χ3n) is 5.19. The molecule has 1 aliphatic heterocycles. The Balaban J connectivity index is 1.39. The number of thiophene rings is 1. The molecule has 4 nitrogen and oxygen atoms in total. The standard InChI is InChI=1S/C22H25N3OS2/c1-16-7-9-17(10-8-16)14-23-19(26)15-28-21-20(18-6-5-13-27-18)24-22(25-21)11-3-2-4-12-22/h5-10,13H,2-4,11-12,14-15H2,1H3,(H,23,26). The molecule has 1 aliphatic carbocycles. The molecule has 0 unspecified atom stereocenters. The number of carbonyl (C=O) groups excluding carboxylic acids is 1. The smallest absolute Gasteiger partial charge is 0.230 e. The lowest BCUT2D eigenvalue weighted by Crippen LogP contribution is -2.26. The van der Waals surface area contributed by atoms with Gasteiger partial charge in [-0.05, 0) is 49.6 Å². The molecule has 0 saturated heterocycles. The van der Waals surface area contributed by atoms with Gasteiger partial charge in [-0.25, -0.2) is 4.99 Å². The average Bonchev–Trinajstić information content (AvgIpc) is 3.35. The van der Waals surface area contributed by atoms with E-state index in [0.717, 1.165) is 34.0 Å². The molecule has 4 rings (SSSR count). The summed E-state index contributed by atoms with van der Waals surface area (Å²) >= 11 is 3.21. The van der Waals surface area contributed by atoms with E-state index < -0.39 is 0 Å². The zero-order chi connectivity index (χ0) is 19.4. The molecule has 1 saturated carbocycles. The Kier molecular flexibility index (Phi) is 5.97. The summed E-state index contributed by atoms with van der Waals surface area (Å²) in [5, 5.41) is 6.01. The molecule has 1 N–H and O–H groups in total. The molecular weight excluding hydrogens is 386 g/mol. The number of benzene rings is 1. The van der Waals surface area contributed by atoms with E-state index >= 15 is 0 Å². The second kappa shape index (κ2) is 8.62. The SMILES string of the molecule is Cc1ccc(CNC(=O)CSC2=NC3(CCCCC3)N=C2c2cccs2)cc1. The fourth-order valence-corrected chi connectivity index (χ4v) is 5.31. The number of aliphatic imine (C=N–C) groups is 2. The number of thioether (sulfide) groups is 1. The number of amides is 1. The molecule has 1 spiro atoms. The fraction of sp³-hybridized carbons (Fsp3) is 0.409. The van der Waals surface area contributed by atoms with Crippen molar-refractivity contribution in [3.63, 3.8) is 0 Å². The van der Waals surface area contributed by atoms with E-state index in [2.05, 4.69) is 48.0 Å². The van der Waals surface area contributed by atoms with Gasteiger partial charge in [-0.2, -0.15) is 0 Å². The zero-order valence-electron chi connectivity index (χ0n) is 16.1. The van der Waals surface area contributed by atoms with E-state index in [1.54, 1.807) is 11.3 Å². The predicted molar refractivity (Wildman–Crippen MR) is 120 cm³/mol. The minimum absolute atomic E-state index is 0.0309. The van der Waals surface area contributed by atoms with Gasteiger partial charge in [-0.3, -0.25) is 9.79 Å². The number of nitrogens with one attached hydrogen (secondary N) is 1. The van der Waals surface area contributed by atoms with Gasteiger partial charge in [0, 0.05) is 6.54 Å². The van der Waals surface area contributed by atoms with Crippen LogP contribution in [-0.4, -0.2) is 28.1 Å². The summed E-state index contributed by atoms with van der Waals surface area (Å²) < 4.78 is 0. The quantitative estimate of drug-likeness (QED) is 0.755. The molecule has 1 aromatic heterocycles. The van der Waals surface area contributed by atoms with Crippen LogP contribution in [0.4, 0.5) is 0 Å². The minimum Gasteiger partial charge on any atom is -0.351 e. The number of carbonyl (C=O) groups is 1. The summed E-state index contributed by atoms with van der Waals surface area (Å²) in [6.07, 6.45) is 5.67. The first kappa shape index (κ1) is 19.4. The summed E-state index contributed by atoms with van der Waals surface area (Å²) in [6.45, 7) is 2.62. The molecule has 2 aromatic rings. The zero-order valence-corrected chi connectivity index (χ0v) is 17.7. The molecule has 2 heterocycles. The summed E-state index contributed by atoms with van der Waals surface area (Å²) in [6, 6.07) is 12.4. The Bertz CT molecular complexity index is 879. The lowest BCUT2D eigenvalue weighted by atomic mass is 9.90. The molecule has 0 atom stereocenters. The Hall–Kier alpha value is -1.92. The molecule has 2 aliphatic rings. The van der Waals surface area contributed by atoms with E-state index in [1.807, 2.05) is 6.07 Å². The number of aryl methyl sites for hydroxylation is 1. The van der Waals surface area contributed by atoms with Crippen LogP contribution in [0.5, 0.6) is 0 Å². The Morgan fingerprint density at radius 2 is 1.93 bits per heavy atom. The molecule has 28 heavy (non-hydrogen) atoms. The highest BCUT2D eigenvalue weighted by Gasteiger charge is 2.38. The molecule has 1 aromatic carbocycles. The van der Waals surface area contributed by atoms with Crippen molar-refractivity contribution in [2.75, 3.05) is 5.75 Å². The lowest BCUT2D eigenvalue weighted by Gasteiger charge is -2.27. The lowest BCUT2D eigenvalue weighted by molar-refractivity contribution is -0.118. The number of hydrogen-bond donors (Lipinski definition) is 1. The van der Waals surface area contributed by atoms with Crippen LogP contribution in [0.3, 0.4) is 0 Å². The second-order valence-electron chi connectivity index (χ2n) is 7.45. The van der Waals surface area contributed by atoms with Gasteiger partial charge in [0.1, 0.15) is 10.8 Å². The van der Waals surface area contributed by atoms with E-state index in [9.17, 15) is 4.79 Å². The van der Waals surface area contributed by atoms with Gasteiger partial charge in [-0.15, -0.1) is 11.3 Å². The van der Waals surface area contributed by atoms with Gasteiger partial charge in [0.2, 0.25) is 5.91 Å². The van der Waals surface area contributed by atoms with E-state index in [4.69, 9.17) is 9.98 Å². The van der Waals surface area contributed by atoms with Crippen LogP contribution in [0, 0.1) is 6.92 Å². The molecule has 0 bridgehead atoms. The minimum atomic E-state index is -0.279. The Labute approximate surface area is 174 Å². The van der Waals surface area contributed by atoms with Crippen LogP contribution < -0.4 is 5.32 Å². The van der Waals surface area contributed by atoms with Gasteiger partial charge in [0.15, 0.2) is 5.66 Å². The number of rotatable bonds is 5. The van der Waals surface area contributed by atoms with E-state index in [-0.39, 0.29) is 11.6 Å². The third kappa shape index (κ3) is 4.55. The van der Waals surface area contributed by atoms with Crippen molar-refractivity contribution in [2.45, 2.75) is 51.2 Å². The van der Waals surface area contributed by atoms with Crippen molar-refractivity contribution < 1.29 is 4.79 Å². The van der Waals surface area contributed by atoms with Crippen molar-refractivity contribution >= 4 is 39.8 Å². The normalized spacial score (nSPS) is 18.0. The Morgan fingerprint density at radius 3 is 2.64 bits per heavy atom. The largest absolute Gasteiger partial charge is 0.351 e. The molecule has 1 amide bonds. The number of nitrogens with zero attached hydrogens (tertiary/aromatic N) is 2. The van der Waals surface area contributed by atoms with Gasteiger partial charge >= 0.3 is 0 Å². The van der Waals surface area contributed by atoms with Crippen molar-refractivity contribution in [1.82, 2.24) is 5.32 Å². The van der Waals surface area contributed by atoms with E-state index in [0.29, 0.717) is 12.3 Å². The predicted octanol–water partition coefficient (Wildman–Crippen LogP) is 4.97. The monoisotopic (exact) mass is 411 g/mol.